The number of halogens is 3. The van der Waals surface area contributed by atoms with Gasteiger partial charge in [-0.2, -0.15) is 9.97 Å². The van der Waals surface area contributed by atoms with Crippen molar-refractivity contribution in [1.82, 2.24) is 29.7 Å². The smallest absolute Gasteiger partial charge is 0.319 e. The molecule has 12 heteroatoms. The molecule has 0 spiro atoms. The Bertz CT molecular complexity index is 1690. The SMILES string of the molecule is Cc1cccc2cncc(-c3ncc4c(N5CCN(C(=O)/C=C/CF)CC5)nc(OC[C@@H]5C[C@@H](F)CN5C)nc4c3F)c12. The first-order chi connectivity index (χ1) is 20.8. The second-order valence-corrected chi connectivity index (χ2v) is 11.0. The molecule has 1 amide bonds. The van der Waals surface area contributed by atoms with Gasteiger partial charge < -0.3 is 14.5 Å². The fourth-order valence-electron chi connectivity index (χ4n) is 5.88. The Morgan fingerprint density at radius 3 is 2.70 bits per heavy atom. The lowest BCUT2D eigenvalue weighted by molar-refractivity contribution is -0.126. The van der Waals surface area contributed by atoms with Gasteiger partial charge in [-0.1, -0.05) is 18.2 Å². The van der Waals surface area contributed by atoms with Gasteiger partial charge in [-0.3, -0.25) is 19.7 Å². The number of ether oxygens (including phenoxy) is 1. The van der Waals surface area contributed by atoms with Crippen LogP contribution < -0.4 is 9.64 Å². The van der Waals surface area contributed by atoms with Gasteiger partial charge in [0.1, 0.15) is 36.5 Å². The van der Waals surface area contributed by atoms with Crippen molar-refractivity contribution in [2.45, 2.75) is 25.6 Å². The molecule has 2 saturated heterocycles. The van der Waals surface area contributed by atoms with Gasteiger partial charge in [0.25, 0.3) is 0 Å². The van der Waals surface area contributed by atoms with Crippen molar-refractivity contribution in [1.29, 1.82) is 0 Å². The van der Waals surface area contributed by atoms with Crippen LogP contribution in [0.3, 0.4) is 0 Å². The van der Waals surface area contributed by atoms with E-state index in [1.807, 2.05) is 42.0 Å². The summed E-state index contributed by atoms with van der Waals surface area (Å²) in [4.78, 5) is 35.8. The molecule has 4 aromatic rings. The van der Waals surface area contributed by atoms with E-state index in [0.717, 1.165) is 16.3 Å². The number of amides is 1. The van der Waals surface area contributed by atoms with Crippen molar-refractivity contribution in [3.05, 3.63) is 60.3 Å². The maximum Gasteiger partial charge on any atom is 0.319 e. The molecule has 2 aliphatic rings. The highest BCUT2D eigenvalue weighted by Crippen LogP contribution is 2.35. The molecule has 0 bridgehead atoms. The van der Waals surface area contributed by atoms with Crippen LogP contribution in [0.2, 0.25) is 0 Å². The Balaban J connectivity index is 1.39. The number of carbonyl (C=O) groups is 1. The molecule has 9 nitrogen and oxygen atoms in total. The number of anilines is 1. The summed E-state index contributed by atoms with van der Waals surface area (Å²) in [5, 5.41) is 2.12. The van der Waals surface area contributed by atoms with Crippen molar-refractivity contribution in [2.75, 3.05) is 58.0 Å². The highest BCUT2D eigenvalue weighted by Gasteiger charge is 2.31. The van der Waals surface area contributed by atoms with Crippen LogP contribution in [0.1, 0.15) is 12.0 Å². The maximum atomic E-state index is 16.5. The van der Waals surface area contributed by atoms with E-state index in [2.05, 4.69) is 19.9 Å². The lowest BCUT2D eigenvalue weighted by Gasteiger charge is -2.35. The van der Waals surface area contributed by atoms with Crippen LogP contribution in [0, 0.1) is 12.7 Å². The molecule has 2 fully saturated rings. The van der Waals surface area contributed by atoms with Gasteiger partial charge in [0, 0.05) is 74.4 Å². The van der Waals surface area contributed by atoms with Gasteiger partial charge in [-0.05, 0) is 37.4 Å². The summed E-state index contributed by atoms with van der Waals surface area (Å²) in [5.74, 6) is -0.465. The van der Waals surface area contributed by atoms with Crippen molar-refractivity contribution < 1.29 is 22.7 Å². The Labute approximate surface area is 247 Å². The monoisotopic (exact) mass is 591 g/mol. The van der Waals surface area contributed by atoms with E-state index in [1.54, 1.807) is 23.5 Å². The van der Waals surface area contributed by atoms with Crippen LogP contribution in [-0.2, 0) is 4.79 Å². The number of rotatable bonds is 7. The molecule has 2 atom stereocenters. The Kier molecular flexibility index (Phi) is 8.11. The number of fused-ring (bicyclic) bond motifs is 2. The third-order valence-corrected chi connectivity index (χ3v) is 8.17. The first kappa shape index (κ1) is 28.8. The van der Waals surface area contributed by atoms with E-state index in [-0.39, 0.29) is 35.8 Å². The largest absolute Gasteiger partial charge is 0.462 e. The van der Waals surface area contributed by atoms with Crippen LogP contribution in [0.4, 0.5) is 19.0 Å². The molecule has 6 rings (SSSR count). The zero-order chi connectivity index (χ0) is 30.1. The molecule has 43 heavy (non-hydrogen) atoms. The number of piperazine rings is 1. The second-order valence-electron chi connectivity index (χ2n) is 11.0. The molecule has 0 radical (unpaired) electrons. The highest BCUT2D eigenvalue weighted by molar-refractivity contribution is 6.00. The van der Waals surface area contributed by atoms with E-state index < -0.39 is 18.7 Å². The molecule has 0 saturated carbocycles. The predicted octanol–water partition coefficient (Wildman–Crippen LogP) is 4.28. The molecule has 5 heterocycles. The predicted molar refractivity (Wildman–Crippen MR) is 158 cm³/mol. The van der Waals surface area contributed by atoms with Crippen LogP contribution in [0.25, 0.3) is 32.9 Å². The zero-order valence-electron chi connectivity index (χ0n) is 24.0. The highest BCUT2D eigenvalue weighted by atomic mass is 19.1. The van der Waals surface area contributed by atoms with Gasteiger partial charge in [-0.25, -0.2) is 13.2 Å². The van der Waals surface area contributed by atoms with E-state index >= 15 is 4.39 Å². The normalized spacial score (nSPS) is 19.7. The number of carbonyl (C=O) groups excluding carboxylic acids is 1. The van der Waals surface area contributed by atoms with Crippen molar-refractivity contribution >= 4 is 33.4 Å². The Hall–Kier alpha value is -4.32. The summed E-state index contributed by atoms with van der Waals surface area (Å²) in [6.45, 7) is 3.28. The summed E-state index contributed by atoms with van der Waals surface area (Å²) < 4.78 is 48.9. The summed E-state index contributed by atoms with van der Waals surface area (Å²) in [6, 6.07) is 5.62. The number of benzene rings is 1. The van der Waals surface area contributed by atoms with Gasteiger partial charge in [0.05, 0.1) is 5.39 Å². The van der Waals surface area contributed by atoms with Crippen LogP contribution in [0.5, 0.6) is 6.01 Å². The number of aromatic nitrogens is 4. The minimum atomic E-state index is -0.936. The van der Waals surface area contributed by atoms with Crippen LogP contribution >= 0.6 is 0 Å². The minimum absolute atomic E-state index is 0.0223. The third-order valence-electron chi connectivity index (χ3n) is 8.17. The van der Waals surface area contributed by atoms with E-state index in [1.165, 1.54) is 12.2 Å². The topological polar surface area (TPSA) is 87.6 Å². The molecule has 2 aliphatic heterocycles. The molecule has 0 aliphatic carbocycles. The lowest BCUT2D eigenvalue weighted by Crippen LogP contribution is -2.48. The number of likely N-dealkylation sites (N-methyl/N-ethyl adjacent to an activating group) is 1. The van der Waals surface area contributed by atoms with Gasteiger partial charge in [0.15, 0.2) is 5.82 Å². The number of allylic oxidation sites excluding steroid dienone is 1. The van der Waals surface area contributed by atoms with Crippen LogP contribution in [0.15, 0.2) is 48.9 Å². The third kappa shape index (κ3) is 5.71. The number of hydrogen-bond donors (Lipinski definition) is 0. The second kappa shape index (κ2) is 12.1. The maximum absolute atomic E-state index is 16.5. The average molecular weight is 592 g/mol. The van der Waals surface area contributed by atoms with E-state index in [4.69, 9.17) is 4.74 Å². The molecule has 3 aromatic heterocycles. The first-order valence-corrected chi connectivity index (χ1v) is 14.3. The van der Waals surface area contributed by atoms with Crippen molar-refractivity contribution in [3.8, 4) is 17.3 Å². The summed E-state index contributed by atoms with van der Waals surface area (Å²) in [6.07, 6.45) is 6.70. The summed E-state index contributed by atoms with van der Waals surface area (Å²) in [5.41, 5.74) is 1.67. The average Bonchev–Trinajstić information content (AvgIpc) is 3.35. The number of aryl methyl sites for hydroxylation is 1. The van der Waals surface area contributed by atoms with Crippen LogP contribution in [-0.4, -0.2) is 101 Å². The minimum Gasteiger partial charge on any atom is -0.462 e. The molecular weight excluding hydrogens is 559 g/mol. The van der Waals surface area contributed by atoms with Gasteiger partial charge in [0.2, 0.25) is 5.91 Å². The summed E-state index contributed by atoms with van der Waals surface area (Å²) >= 11 is 0. The molecule has 0 unspecified atom stereocenters. The fourth-order valence-corrected chi connectivity index (χ4v) is 5.88. The van der Waals surface area contributed by atoms with Gasteiger partial charge in [-0.15, -0.1) is 0 Å². The zero-order valence-corrected chi connectivity index (χ0v) is 24.0. The number of hydrogen-bond acceptors (Lipinski definition) is 8. The van der Waals surface area contributed by atoms with Crippen molar-refractivity contribution in [2.24, 2.45) is 0 Å². The van der Waals surface area contributed by atoms with Gasteiger partial charge >= 0.3 is 6.01 Å². The van der Waals surface area contributed by atoms with Crippen molar-refractivity contribution in [3.63, 3.8) is 0 Å². The molecule has 224 valence electrons. The number of pyridine rings is 2. The summed E-state index contributed by atoms with van der Waals surface area (Å²) in [7, 11) is 1.83. The van der Waals surface area contributed by atoms with E-state index in [9.17, 15) is 13.6 Å². The number of likely N-dealkylation sites (tertiary alicyclic amines) is 1. The quantitative estimate of drug-likeness (QED) is 0.295. The molecule has 1 aromatic carbocycles. The number of alkyl halides is 2. The Morgan fingerprint density at radius 1 is 1.14 bits per heavy atom. The lowest BCUT2D eigenvalue weighted by atomic mass is 10.00. The first-order valence-electron chi connectivity index (χ1n) is 14.3. The molecular formula is C31H32F3N7O2. The molecule has 0 N–H and O–H groups in total. The Morgan fingerprint density at radius 2 is 1.95 bits per heavy atom. The standard InChI is InChI=1S/C31H32F3N7O2/c1-19-5-3-6-20-14-35-15-23(26(19)20)28-27(34)29-24(16-36-28)30(41-11-9-40(10-12-41)25(42)7-4-8-32)38-31(37-29)43-18-22-13-21(33)17-39(22)2/h3-7,14-16,21-22H,8-13,17-18H2,1-2H3/b7-4+/t21-,22+/m1/s1. The number of nitrogens with zero attached hydrogens (tertiary/aromatic N) is 7. The fraction of sp³-hybridized carbons (Fsp3) is 0.387. The van der Waals surface area contributed by atoms with E-state index in [0.29, 0.717) is 55.9 Å².